The zero-order valence-electron chi connectivity index (χ0n) is 10.3. The molecule has 0 saturated carbocycles. The van der Waals surface area contributed by atoms with Gasteiger partial charge in [0.05, 0.1) is 13.2 Å². The van der Waals surface area contributed by atoms with E-state index in [4.69, 9.17) is 9.47 Å². The molecule has 0 aromatic carbocycles. The molecular weight excluding hydrogens is 248 g/mol. The third kappa shape index (κ3) is 1.89. The van der Waals surface area contributed by atoms with Gasteiger partial charge in [-0.2, -0.15) is 0 Å². The van der Waals surface area contributed by atoms with Gasteiger partial charge in [-0.1, -0.05) is 6.08 Å². The molecule has 0 aromatic rings. The first kappa shape index (κ1) is 12.1. The highest BCUT2D eigenvalue weighted by Crippen LogP contribution is 2.38. The molecule has 3 aliphatic rings. The van der Waals surface area contributed by atoms with Gasteiger partial charge in [0, 0.05) is 23.4 Å². The molecule has 1 spiro atoms. The van der Waals surface area contributed by atoms with Crippen LogP contribution in [0, 0.1) is 0 Å². The summed E-state index contributed by atoms with van der Waals surface area (Å²) in [4.78, 5) is 22.6. The summed E-state index contributed by atoms with van der Waals surface area (Å²) in [6.07, 6.45) is 7.28. The van der Waals surface area contributed by atoms with E-state index in [2.05, 4.69) is 10.6 Å². The summed E-state index contributed by atoms with van der Waals surface area (Å²) < 4.78 is 11.2. The van der Waals surface area contributed by atoms with Crippen molar-refractivity contribution in [2.45, 2.75) is 18.6 Å². The minimum atomic E-state index is -1.31. The lowest BCUT2D eigenvalue weighted by Crippen LogP contribution is -2.47. The molecule has 2 aliphatic heterocycles. The second-order valence-corrected chi connectivity index (χ2v) is 4.48. The van der Waals surface area contributed by atoms with E-state index in [1.807, 2.05) is 6.08 Å². The standard InChI is InChI=1S/C13H14N2O4/c16-8-14-9-2-4-10-11(5-3-9)15-12(17)13(10)18-6-1-7-19-13/h3-5,8H,1-2,6-7H2,(H,14,16)(H,15,17). The molecule has 6 heteroatoms. The first-order valence-electron chi connectivity index (χ1n) is 6.18. The van der Waals surface area contributed by atoms with E-state index in [1.54, 1.807) is 12.2 Å². The molecule has 6 nitrogen and oxygen atoms in total. The first-order valence-corrected chi connectivity index (χ1v) is 6.18. The van der Waals surface area contributed by atoms with Crippen molar-refractivity contribution in [3.05, 3.63) is 35.2 Å². The smallest absolute Gasteiger partial charge is 0.289 e. The van der Waals surface area contributed by atoms with Gasteiger partial charge in [0.25, 0.3) is 11.7 Å². The van der Waals surface area contributed by atoms with Crippen molar-refractivity contribution in [3.63, 3.8) is 0 Å². The van der Waals surface area contributed by atoms with Crippen LogP contribution in [0.2, 0.25) is 0 Å². The van der Waals surface area contributed by atoms with Crippen LogP contribution in [0.5, 0.6) is 0 Å². The van der Waals surface area contributed by atoms with Gasteiger partial charge in [0.15, 0.2) is 0 Å². The van der Waals surface area contributed by atoms with E-state index in [0.717, 1.165) is 12.1 Å². The number of rotatable bonds is 2. The van der Waals surface area contributed by atoms with Gasteiger partial charge in [-0.3, -0.25) is 9.59 Å². The monoisotopic (exact) mass is 262 g/mol. The molecule has 0 atom stereocenters. The average Bonchev–Trinajstić information content (AvgIpc) is 2.58. The minimum Gasteiger partial charge on any atom is -0.338 e. The summed E-state index contributed by atoms with van der Waals surface area (Å²) in [6, 6.07) is 0. The van der Waals surface area contributed by atoms with Gasteiger partial charge >= 0.3 is 0 Å². The number of hydrogen-bond acceptors (Lipinski definition) is 4. The summed E-state index contributed by atoms with van der Waals surface area (Å²) in [6.45, 7) is 0.982. The molecule has 1 aliphatic carbocycles. The van der Waals surface area contributed by atoms with Gasteiger partial charge < -0.3 is 20.1 Å². The topological polar surface area (TPSA) is 76.7 Å². The van der Waals surface area contributed by atoms with Crippen molar-refractivity contribution in [3.8, 4) is 0 Å². The van der Waals surface area contributed by atoms with Gasteiger partial charge in [-0.05, 0) is 18.6 Å². The summed E-state index contributed by atoms with van der Waals surface area (Å²) in [5, 5.41) is 5.38. The van der Waals surface area contributed by atoms with E-state index in [9.17, 15) is 9.59 Å². The minimum absolute atomic E-state index is 0.287. The predicted octanol–water partition coefficient (Wildman–Crippen LogP) is 0.0933. The summed E-state index contributed by atoms with van der Waals surface area (Å²) in [5.41, 5.74) is 2.11. The number of amides is 2. The number of nitrogens with one attached hydrogen (secondary N) is 2. The molecule has 3 rings (SSSR count). The van der Waals surface area contributed by atoms with Crippen LogP contribution >= 0.6 is 0 Å². The Kier molecular flexibility index (Phi) is 2.96. The second-order valence-electron chi connectivity index (χ2n) is 4.48. The molecule has 2 heterocycles. The Bertz CT molecular complexity index is 513. The number of fused-ring (bicyclic) bond motifs is 2. The number of allylic oxidation sites excluding steroid dienone is 3. The zero-order valence-corrected chi connectivity index (χ0v) is 10.3. The molecule has 2 amide bonds. The van der Waals surface area contributed by atoms with E-state index in [-0.39, 0.29) is 5.91 Å². The fourth-order valence-electron chi connectivity index (χ4n) is 2.41. The highest BCUT2D eigenvalue weighted by atomic mass is 16.7. The molecule has 0 radical (unpaired) electrons. The van der Waals surface area contributed by atoms with Crippen LogP contribution in [0.25, 0.3) is 0 Å². The maximum Gasteiger partial charge on any atom is 0.289 e. The number of hydrogen-bond donors (Lipinski definition) is 2. The Labute approximate surface area is 110 Å². The number of ether oxygens (including phenoxy) is 2. The molecule has 0 bridgehead atoms. The van der Waals surface area contributed by atoms with Crippen LogP contribution in [0.3, 0.4) is 0 Å². The summed E-state index contributed by atoms with van der Waals surface area (Å²) >= 11 is 0. The molecular formula is C13H14N2O4. The fourth-order valence-corrected chi connectivity index (χ4v) is 2.41. The van der Waals surface area contributed by atoms with Crippen molar-refractivity contribution < 1.29 is 19.1 Å². The third-order valence-corrected chi connectivity index (χ3v) is 3.31. The van der Waals surface area contributed by atoms with E-state index < -0.39 is 5.79 Å². The van der Waals surface area contributed by atoms with Crippen LogP contribution in [-0.2, 0) is 19.1 Å². The van der Waals surface area contributed by atoms with E-state index in [1.165, 1.54) is 0 Å². The highest BCUT2D eigenvalue weighted by Gasteiger charge is 2.53. The first-order chi connectivity index (χ1) is 9.26. The third-order valence-electron chi connectivity index (χ3n) is 3.31. The second kappa shape index (κ2) is 4.64. The Morgan fingerprint density at radius 3 is 2.84 bits per heavy atom. The van der Waals surface area contributed by atoms with E-state index in [0.29, 0.717) is 37.3 Å². The summed E-state index contributed by atoms with van der Waals surface area (Å²) in [7, 11) is 0. The van der Waals surface area contributed by atoms with Gasteiger partial charge in [-0.25, -0.2) is 0 Å². The highest BCUT2D eigenvalue weighted by molar-refractivity contribution is 5.95. The fraction of sp³-hybridized carbons (Fsp3) is 0.385. The molecule has 2 fully saturated rings. The molecule has 0 aromatic heterocycles. The van der Waals surface area contributed by atoms with Crippen LogP contribution in [0.4, 0.5) is 0 Å². The van der Waals surface area contributed by atoms with E-state index >= 15 is 0 Å². The molecule has 19 heavy (non-hydrogen) atoms. The number of carbonyl (C=O) groups is 2. The van der Waals surface area contributed by atoms with Crippen molar-refractivity contribution in [1.29, 1.82) is 0 Å². The zero-order chi connectivity index (χ0) is 13.3. The lowest BCUT2D eigenvalue weighted by molar-refractivity contribution is -0.229. The normalized spacial score (nSPS) is 24.6. The Morgan fingerprint density at radius 1 is 1.32 bits per heavy atom. The van der Waals surface area contributed by atoms with Crippen molar-refractivity contribution in [2.75, 3.05) is 13.2 Å². The Balaban J connectivity index is 1.95. The van der Waals surface area contributed by atoms with Crippen LogP contribution in [0.1, 0.15) is 12.8 Å². The Hall–Kier alpha value is -1.92. The van der Waals surface area contributed by atoms with Gasteiger partial charge in [0.1, 0.15) is 0 Å². The van der Waals surface area contributed by atoms with Crippen LogP contribution in [-0.4, -0.2) is 31.3 Å². The van der Waals surface area contributed by atoms with Crippen LogP contribution in [0.15, 0.2) is 35.2 Å². The van der Waals surface area contributed by atoms with Crippen molar-refractivity contribution in [1.82, 2.24) is 10.6 Å². The quantitative estimate of drug-likeness (QED) is 0.692. The lowest BCUT2D eigenvalue weighted by Gasteiger charge is -2.31. The molecule has 2 N–H and O–H groups in total. The largest absolute Gasteiger partial charge is 0.338 e. The molecule has 100 valence electrons. The van der Waals surface area contributed by atoms with Crippen molar-refractivity contribution in [2.24, 2.45) is 0 Å². The predicted molar refractivity (Wildman–Crippen MR) is 65.5 cm³/mol. The SMILES string of the molecule is O=CNC1=CC=C2NC(=O)C3(OCCCO3)C2=CC1. The average molecular weight is 262 g/mol. The summed E-state index contributed by atoms with van der Waals surface area (Å²) in [5.74, 6) is -1.60. The van der Waals surface area contributed by atoms with Gasteiger partial charge in [-0.15, -0.1) is 0 Å². The molecule has 0 unspecified atom stereocenters. The Morgan fingerprint density at radius 2 is 2.11 bits per heavy atom. The van der Waals surface area contributed by atoms with Crippen LogP contribution < -0.4 is 10.6 Å². The molecule has 2 saturated heterocycles. The maximum absolute atomic E-state index is 12.1. The number of carbonyl (C=O) groups excluding carboxylic acids is 2. The van der Waals surface area contributed by atoms with Crippen molar-refractivity contribution >= 4 is 12.3 Å². The maximum atomic E-state index is 12.1. The lowest BCUT2D eigenvalue weighted by atomic mass is 10.0. The van der Waals surface area contributed by atoms with Gasteiger partial charge in [0.2, 0.25) is 6.41 Å².